The van der Waals surface area contributed by atoms with Gasteiger partial charge in [0, 0.05) is 22.6 Å². The minimum Gasteiger partial charge on any atom is -0.360 e. The van der Waals surface area contributed by atoms with Crippen LogP contribution >= 0.6 is 11.6 Å². The molecule has 0 atom stereocenters. The molecule has 0 saturated heterocycles. The fraction of sp³-hybridized carbons (Fsp3) is 0.238. The Hall–Kier alpha value is -2.77. The molecule has 0 aliphatic carbocycles. The number of nitriles is 1. The van der Waals surface area contributed by atoms with Crippen LogP contribution in [0.3, 0.4) is 0 Å². The van der Waals surface area contributed by atoms with Crippen LogP contribution in [0, 0.1) is 18.3 Å². The van der Waals surface area contributed by atoms with Crippen molar-refractivity contribution in [1.82, 2.24) is 0 Å². The van der Waals surface area contributed by atoms with E-state index in [-0.39, 0.29) is 5.57 Å². The third kappa shape index (κ3) is 4.65. The number of para-hydroxylation sites is 1. The van der Waals surface area contributed by atoms with Crippen molar-refractivity contribution in [3.05, 3.63) is 69.9 Å². The Kier molecular flexibility index (Phi) is 6.82. The highest BCUT2D eigenvalue weighted by molar-refractivity contribution is 6.31. The second-order valence-electron chi connectivity index (χ2n) is 5.89. The fourth-order valence-corrected chi connectivity index (χ4v) is 2.81. The molecule has 0 bridgehead atoms. The van der Waals surface area contributed by atoms with Gasteiger partial charge in [0.25, 0.3) is 5.91 Å². The minimum atomic E-state index is -0.475. The van der Waals surface area contributed by atoms with Crippen LogP contribution < -0.4 is 10.6 Å². The number of benzene rings is 2. The average Bonchev–Trinajstić information content (AvgIpc) is 2.65. The number of carbonyl (C=O) groups is 1. The number of hydrogen-bond donors (Lipinski definition) is 2. The SMILES string of the molecule is CCc1cccc(CC)c1N/C=C(/C#N)C(=O)Nc1cc(Cl)ccc1C. The molecule has 4 nitrogen and oxygen atoms in total. The van der Waals surface area contributed by atoms with Crippen LogP contribution in [0.15, 0.2) is 48.2 Å². The monoisotopic (exact) mass is 367 g/mol. The van der Waals surface area contributed by atoms with Crippen molar-refractivity contribution in [3.63, 3.8) is 0 Å². The lowest BCUT2D eigenvalue weighted by Gasteiger charge is -2.13. The summed E-state index contributed by atoms with van der Waals surface area (Å²) in [5, 5.41) is 15.8. The highest BCUT2D eigenvalue weighted by Crippen LogP contribution is 2.23. The smallest absolute Gasteiger partial charge is 0.267 e. The summed E-state index contributed by atoms with van der Waals surface area (Å²) in [6.07, 6.45) is 3.18. The van der Waals surface area contributed by atoms with E-state index in [0.29, 0.717) is 10.7 Å². The Labute approximate surface area is 159 Å². The number of nitrogens with zero attached hydrogens (tertiary/aromatic N) is 1. The maximum absolute atomic E-state index is 12.5. The van der Waals surface area contributed by atoms with Gasteiger partial charge < -0.3 is 10.6 Å². The van der Waals surface area contributed by atoms with Crippen molar-refractivity contribution in [3.8, 4) is 6.07 Å². The van der Waals surface area contributed by atoms with E-state index in [9.17, 15) is 10.1 Å². The predicted molar refractivity (Wildman–Crippen MR) is 107 cm³/mol. The molecule has 2 rings (SSSR count). The Morgan fingerprint density at radius 2 is 1.85 bits per heavy atom. The zero-order valence-electron chi connectivity index (χ0n) is 15.2. The normalized spacial score (nSPS) is 11.0. The Morgan fingerprint density at radius 3 is 2.42 bits per heavy atom. The van der Waals surface area contributed by atoms with E-state index in [4.69, 9.17) is 11.6 Å². The third-order valence-corrected chi connectivity index (χ3v) is 4.41. The zero-order valence-corrected chi connectivity index (χ0v) is 15.9. The first-order valence-corrected chi connectivity index (χ1v) is 8.93. The summed E-state index contributed by atoms with van der Waals surface area (Å²) in [7, 11) is 0. The van der Waals surface area contributed by atoms with E-state index in [0.717, 1.165) is 35.2 Å². The third-order valence-electron chi connectivity index (χ3n) is 4.17. The largest absolute Gasteiger partial charge is 0.360 e. The summed E-state index contributed by atoms with van der Waals surface area (Å²) < 4.78 is 0. The van der Waals surface area contributed by atoms with Gasteiger partial charge in [0.05, 0.1) is 0 Å². The zero-order chi connectivity index (χ0) is 19.1. The lowest BCUT2D eigenvalue weighted by Crippen LogP contribution is -2.15. The van der Waals surface area contributed by atoms with E-state index in [2.05, 4.69) is 24.5 Å². The molecule has 0 radical (unpaired) electrons. The molecule has 1 amide bonds. The second kappa shape index (κ2) is 9.07. The number of amides is 1. The van der Waals surface area contributed by atoms with Crippen molar-refractivity contribution in [2.24, 2.45) is 0 Å². The number of carbonyl (C=O) groups excluding carboxylic acids is 1. The molecule has 26 heavy (non-hydrogen) atoms. The van der Waals surface area contributed by atoms with Gasteiger partial charge in [0.1, 0.15) is 11.6 Å². The van der Waals surface area contributed by atoms with Crippen molar-refractivity contribution in [2.45, 2.75) is 33.6 Å². The maximum atomic E-state index is 12.5. The molecular weight excluding hydrogens is 346 g/mol. The maximum Gasteiger partial charge on any atom is 0.267 e. The number of hydrogen-bond acceptors (Lipinski definition) is 3. The summed E-state index contributed by atoms with van der Waals surface area (Å²) >= 11 is 5.98. The van der Waals surface area contributed by atoms with Crippen LogP contribution in [-0.2, 0) is 17.6 Å². The number of aryl methyl sites for hydroxylation is 3. The van der Waals surface area contributed by atoms with E-state index in [1.165, 1.54) is 6.20 Å². The van der Waals surface area contributed by atoms with Gasteiger partial charge in [-0.15, -0.1) is 0 Å². The van der Waals surface area contributed by atoms with Crippen LogP contribution in [0.25, 0.3) is 0 Å². The topological polar surface area (TPSA) is 64.9 Å². The van der Waals surface area contributed by atoms with E-state index >= 15 is 0 Å². The minimum absolute atomic E-state index is 0.00247. The van der Waals surface area contributed by atoms with E-state index in [1.807, 2.05) is 37.3 Å². The van der Waals surface area contributed by atoms with Gasteiger partial charge in [0.15, 0.2) is 0 Å². The summed E-state index contributed by atoms with van der Waals surface area (Å²) in [6.45, 7) is 6.01. The first-order valence-electron chi connectivity index (χ1n) is 8.55. The molecule has 2 aromatic rings. The van der Waals surface area contributed by atoms with Crippen molar-refractivity contribution >= 4 is 28.9 Å². The predicted octanol–water partition coefficient (Wildman–Crippen LogP) is 5.23. The number of halogens is 1. The molecule has 0 heterocycles. The average molecular weight is 368 g/mol. The molecule has 0 aliphatic rings. The second-order valence-corrected chi connectivity index (χ2v) is 6.32. The molecule has 134 valence electrons. The molecule has 2 N–H and O–H groups in total. The van der Waals surface area contributed by atoms with Gasteiger partial charge in [-0.25, -0.2) is 0 Å². The Morgan fingerprint density at radius 1 is 1.19 bits per heavy atom. The quantitative estimate of drug-likeness (QED) is 0.542. The summed E-state index contributed by atoms with van der Waals surface area (Å²) in [6, 6.07) is 13.3. The number of nitrogens with one attached hydrogen (secondary N) is 2. The molecule has 5 heteroatoms. The standard InChI is InChI=1S/C21H22ClN3O/c1-4-15-7-6-8-16(5-2)20(15)24-13-17(12-23)21(26)25-19-11-18(22)10-9-14(19)3/h6-11,13,24H,4-5H2,1-3H3,(H,25,26)/b17-13-. The van der Waals surface area contributed by atoms with Crippen molar-refractivity contribution in [2.75, 3.05) is 10.6 Å². The van der Waals surface area contributed by atoms with Crippen LogP contribution in [0.5, 0.6) is 0 Å². The lowest BCUT2D eigenvalue weighted by atomic mass is 10.0. The highest BCUT2D eigenvalue weighted by atomic mass is 35.5. The van der Waals surface area contributed by atoms with Crippen LogP contribution in [-0.4, -0.2) is 5.91 Å². The first kappa shape index (κ1) is 19.6. The molecule has 2 aromatic carbocycles. The van der Waals surface area contributed by atoms with Crippen molar-refractivity contribution in [1.29, 1.82) is 5.26 Å². The molecule has 0 spiro atoms. The van der Waals surface area contributed by atoms with Crippen LogP contribution in [0.2, 0.25) is 5.02 Å². The fourth-order valence-electron chi connectivity index (χ4n) is 2.64. The first-order chi connectivity index (χ1) is 12.5. The molecule has 0 unspecified atom stereocenters. The number of rotatable bonds is 6. The van der Waals surface area contributed by atoms with Gasteiger partial charge in [0.2, 0.25) is 0 Å². The summed E-state index contributed by atoms with van der Waals surface area (Å²) in [4.78, 5) is 12.5. The molecule has 0 aromatic heterocycles. The van der Waals surface area contributed by atoms with Crippen LogP contribution in [0.1, 0.15) is 30.5 Å². The molecule has 0 saturated carbocycles. The van der Waals surface area contributed by atoms with Gasteiger partial charge in [-0.2, -0.15) is 5.26 Å². The number of anilines is 2. The molecule has 0 fully saturated rings. The molecule has 0 aliphatic heterocycles. The van der Waals surface area contributed by atoms with E-state index in [1.54, 1.807) is 12.1 Å². The Balaban J connectivity index is 2.25. The Bertz CT molecular complexity index is 859. The lowest BCUT2D eigenvalue weighted by molar-refractivity contribution is -0.112. The van der Waals surface area contributed by atoms with Gasteiger partial charge in [-0.05, 0) is 48.6 Å². The summed E-state index contributed by atoms with van der Waals surface area (Å²) in [5.74, 6) is -0.475. The van der Waals surface area contributed by atoms with Gasteiger partial charge in [-0.3, -0.25) is 4.79 Å². The van der Waals surface area contributed by atoms with Crippen LogP contribution in [0.4, 0.5) is 11.4 Å². The highest BCUT2D eigenvalue weighted by Gasteiger charge is 2.12. The van der Waals surface area contributed by atoms with Gasteiger partial charge in [-0.1, -0.05) is 49.7 Å². The van der Waals surface area contributed by atoms with Crippen molar-refractivity contribution < 1.29 is 4.79 Å². The van der Waals surface area contributed by atoms with Gasteiger partial charge >= 0.3 is 0 Å². The summed E-state index contributed by atoms with van der Waals surface area (Å²) in [5.41, 5.74) is 4.70. The molecular formula is C21H22ClN3O. The van der Waals surface area contributed by atoms with E-state index < -0.39 is 5.91 Å².